The van der Waals surface area contributed by atoms with E-state index in [0.29, 0.717) is 31.7 Å². The lowest BCUT2D eigenvalue weighted by atomic mass is 9.92. The lowest BCUT2D eigenvalue weighted by Gasteiger charge is -2.33. The third-order valence-electron chi connectivity index (χ3n) is 5.65. The Balaban J connectivity index is 1.57. The van der Waals surface area contributed by atoms with E-state index in [1.807, 2.05) is 13.8 Å². The molecule has 8 nitrogen and oxygen atoms in total. The molecular weight excluding hydrogens is 394 g/mol. The van der Waals surface area contributed by atoms with E-state index < -0.39 is 16.1 Å². The van der Waals surface area contributed by atoms with Crippen LogP contribution in [0.4, 0.5) is 0 Å². The summed E-state index contributed by atoms with van der Waals surface area (Å²) in [5, 5.41) is 5.64. The molecule has 0 bridgehead atoms. The van der Waals surface area contributed by atoms with Crippen molar-refractivity contribution < 1.29 is 22.7 Å². The molecule has 2 heterocycles. The summed E-state index contributed by atoms with van der Waals surface area (Å²) in [6.45, 7) is 5.53. The zero-order chi connectivity index (χ0) is 21.0. The van der Waals surface area contributed by atoms with Gasteiger partial charge in [0.2, 0.25) is 21.8 Å². The van der Waals surface area contributed by atoms with Crippen molar-refractivity contribution in [3.63, 3.8) is 0 Å². The van der Waals surface area contributed by atoms with Gasteiger partial charge in [0.25, 0.3) is 0 Å². The number of carbonyl (C=O) groups is 2. The number of piperidine rings is 2. The first-order valence-corrected chi connectivity index (χ1v) is 11.6. The fourth-order valence-electron chi connectivity index (χ4n) is 3.82. The standard InChI is InChI=1S/C20H29N3O5S/c1-3-28-16-4-6-17(7-5-16)29(26,27)23-12-9-15(10-13-23)19(24)22-18-14(2)8-11-21-20(18)25/h4-7,14-15,18H,3,8-13H2,1-2H3,(H,21,25)(H,22,24)/t14-,18+/m1/s1. The number of benzene rings is 1. The van der Waals surface area contributed by atoms with Crippen molar-refractivity contribution in [3.8, 4) is 5.75 Å². The predicted octanol–water partition coefficient (Wildman–Crippen LogP) is 1.13. The zero-order valence-electron chi connectivity index (χ0n) is 16.9. The molecule has 2 N–H and O–H groups in total. The Bertz CT molecular complexity index is 832. The largest absolute Gasteiger partial charge is 0.494 e. The van der Waals surface area contributed by atoms with Crippen molar-refractivity contribution in [3.05, 3.63) is 24.3 Å². The molecule has 2 aliphatic heterocycles. The van der Waals surface area contributed by atoms with Crippen LogP contribution in [0.15, 0.2) is 29.2 Å². The SMILES string of the molecule is CCOc1ccc(S(=O)(=O)N2CCC(C(=O)N[C@@H]3C(=O)NCC[C@H]3C)CC2)cc1. The number of amides is 2. The van der Waals surface area contributed by atoms with Gasteiger partial charge in [0.05, 0.1) is 11.5 Å². The summed E-state index contributed by atoms with van der Waals surface area (Å²) >= 11 is 0. The van der Waals surface area contributed by atoms with Crippen molar-refractivity contribution in [2.24, 2.45) is 11.8 Å². The summed E-state index contributed by atoms with van der Waals surface area (Å²) < 4.78 is 32.5. The topological polar surface area (TPSA) is 105 Å². The van der Waals surface area contributed by atoms with Crippen molar-refractivity contribution in [1.82, 2.24) is 14.9 Å². The van der Waals surface area contributed by atoms with Gasteiger partial charge in [0, 0.05) is 25.6 Å². The van der Waals surface area contributed by atoms with Gasteiger partial charge < -0.3 is 15.4 Å². The van der Waals surface area contributed by atoms with Crippen molar-refractivity contribution in [2.45, 2.75) is 44.0 Å². The van der Waals surface area contributed by atoms with E-state index in [-0.39, 0.29) is 41.6 Å². The van der Waals surface area contributed by atoms with Crippen LogP contribution in [-0.2, 0) is 19.6 Å². The van der Waals surface area contributed by atoms with Gasteiger partial charge in [-0.3, -0.25) is 9.59 Å². The van der Waals surface area contributed by atoms with E-state index in [9.17, 15) is 18.0 Å². The third kappa shape index (κ3) is 4.90. The normalized spacial score (nSPS) is 24.0. The molecule has 1 aromatic carbocycles. The molecule has 2 fully saturated rings. The lowest BCUT2D eigenvalue weighted by molar-refractivity contribution is -0.134. The van der Waals surface area contributed by atoms with E-state index in [0.717, 1.165) is 6.42 Å². The van der Waals surface area contributed by atoms with Gasteiger partial charge in [-0.05, 0) is 56.4 Å². The summed E-state index contributed by atoms with van der Waals surface area (Å²) in [7, 11) is -3.61. The van der Waals surface area contributed by atoms with Crippen LogP contribution in [0.2, 0.25) is 0 Å². The summed E-state index contributed by atoms with van der Waals surface area (Å²) in [4.78, 5) is 24.8. The van der Waals surface area contributed by atoms with Gasteiger partial charge in [-0.15, -0.1) is 0 Å². The molecular formula is C20H29N3O5S. The average Bonchev–Trinajstić information content (AvgIpc) is 2.71. The maximum Gasteiger partial charge on any atom is 0.243 e. The van der Waals surface area contributed by atoms with Crippen LogP contribution in [0.3, 0.4) is 0 Å². The van der Waals surface area contributed by atoms with E-state index >= 15 is 0 Å². The molecule has 9 heteroatoms. The smallest absolute Gasteiger partial charge is 0.243 e. The molecule has 2 saturated heterocycles. The predicted molar refractivity (Wildman–Crippen MR) is 108 cm³/mol. The number of hydrogen-bond donors (Lipinski definition) is 2. The number of hydrogen-bond acceptors (Lipinski definition) is 5. The second kappa shape index (κ2) is 9.13. The highest BCUT2D eigenvalue weighted by Gasteiger charge is 2.35. The molecule has 1 aromatic rings. The number of rotatable bonds is 6. The second-order valence-electron chi connectivity index (χ2n) is 7.63. The minimum absolute atomic E-state index is 0.0906. The van der Waals surface area contributed by atoms with Gasteiger partial charge in [0.1, 0.15) is 11.8 Å². The van der Waals surface area contributed by atoms with Gasteiger partial charge >= 0.3 is 0 Å². The first-order chi connectivity index (χ1) is 13.8. The maximum atomic E-state index is 12.9. The monoisotopic (exact) mass is 423 g/mol. The first-order valence-electron chi connectivity index (χ1n) is 10.1. The number of sulfonamides is 1. The number of carbonyl (C=O) groups excluding carboxylic acids is 2. The molecule has 2 aliphatic rings. The minimum atomic E-state index is -3.61. The minimum Gasteiger partial charge on any atom is -0.494 e. The molecule has 0 unspecified atom stereocenters. The van der Waals surface area contributed by atoms with E-state index in [1.54, 1.807) is 24.3 Å². The van der Waals surface area contributed by atoms with Crippen LogP contribution in [0.5, 0.6) is 5.75 Å². The zero-order valence-corrected chi connectivity index (χ0v) is 17.7. The molecule has 0 aromatic heterocycles. The Morgan fingerprint density at radius 2 is 1.86 bits per heavy atom. The van der Waals surface area contributed by atoms with Crippen LogP contribution >= 0.6 is 0 Å². The van der Waals surface area contributed by atoms with Gasteiger partial charge in [-0.1, -0.05) is 6.92 Å². The molecule has 0 saturated carbocycles. The highest BCUT2D eigenvalue weighted by Crippen LogP contribution is 2.26. The fourth-order valence-corrected chi connectivity index (χ4v) is 5.29. The van der Waals surface area contributed by atoms with Crippen LogP contribution in [-0.4, -0.2) is 56.8 Å². The van der Waals surface area contributed by atoms with Crippen molar-refractivity contribution >= 4 is 21.8 Å². The van der Waals surface area contributed by atoms with Gasteiger partial charge in [-0.25, -0.2) is 8.42 Å². The van der Waals surface area contributed by atoms with E-state index in [1.165, 1.54) is 4.31 Å². The lowest BCUT2D eigenvalue weighted by Crippen LogP contribution is -2.56. The highest BCUT2D eigenvalue weighted by molar-refractivity contribution is 7.89. The summed E-state index contributed by atoms with van der Waals surface area (Å²) in [5.74, 6) is 0.115. The molecule has 0 spiro atoms. The molecule has 2 atom stereocenters. The van der Waals surface area contributed by atoms with Crippen LogP contribution < -0.4 is 15.4 Å². The van der Waals surface area contributed by atoms with Gasteiger partial charge in [0.15, 0.2) is 0 Å². The molecule has 2 amide bonds. The molecule has 0 aliphatic carbocycles. The Kier molecular flexibility index (Phi) is 6.79. The molecule has 3 rings (SSSR count). The first kappa shape index (κ1) is 21.6. The Morgan fingerprint density at radius 1 is 1.21 bits per heavy atom. The van der Waals surface area contributed by atoms with Crippen molar-refractivity contribution in [2.75, 3.05) is 26.2 Å². The quantitative estimate of drug-likeness (QED) is 0.714. The number of ether oxygens (including phenoxy) is 1. The second-order valence-corrected chi connectivity index (χ2v) is 9.56. The number of nitrogens with one attached hydrogen (secondary N) is 2. The maximum absolute atomic E-state index is 12.9. The molecule has 160 valence electrons. The molecule has 0 radical (unpaired) electrons. The summed E-state index contributed by atoms with van der Waals surface area (Å²) in [5.41, 5.74) is 0. The van der Waals surface area contributed by atoms with Crippen LogP contribution in [0.1, 0.15) is 33.1 Å². The van der Waals surface area contributed by atoms with E-state index in [2.05, 4.69) is 10.6 Å². The Morgan fingerprint density at radius 3 is 2.45 bits per heavy atom. The third-order valence-corrected chi connectivity index (χ3v) is 7.56. The highest BCUT2D eigenvalue weighted by atomic mass is 32.2. The fraction of sp³-hybridized carbons (Fsp3) is 0.600. The molecule has 29 heavy (non-hydrogen) atoms. The van der Waals surface area contributed by atoms with E-state index in [4.69, 9.17) is 4.74 Å². The summed E-state index contributed by atoms with van der Waals surface area (Å²) in [6, 6.07) is 5.87. The average molecular weight is 424 g/mol. The van der Waals surface area contributed by atoms with Crippen LogP contribution in [0, 0.1) is 11.8 Å². The van der Waals surface area contributed by atoms with Gasteiger partial charge in [-0.2, -0.15) is 4.31 Å². The Labute approximate surface area is 172 Å². The Hall–Kier alpha value is -2.13. The van der Waals surface area contributed by atoms with Crippen molar-refractivity contribution in [1.29, 1.82) is 0 Å². The summed E-state index contributed by atoms with van der Waals surface area (Å²) in [6.07, 6.45) is 1.70. The van der Waals surface area contributed by atoms with Crippen LogP contribution in [0.25, 0.3) is 0 Å². The number of nitrogens with zero attached hydrogens (tertiary/aromatic N) is 1.